The molecule has 0 radical (unpaired) electrons. The fourth-order valence-corrected chi connectivity index (χ4v) is 2.62. The van der Waals surface area contributed by atoms with Gasteiger partial charge < -0.3 is 22.1 Å². The average Bonchev–Trinajstić information content (AvgIpc) is 2.58. The van der Waals surface area contributed by atoms with Gasteiger partial charge in [-0.1, -0.05) is 51.1 Å². The Kier molecular flexibility index (Phi) is 6.21. The molecule has 0 unspecified atom stereocenters. The van der Waals surface area contributed by atoms with Gasteiger partial charge >= 0.3 is 0 Å². The number of hydrogen-bond acceptors (Lipinski definition) is 3. The van der Waals surface area contributed by atoms with E-state index in [1.807, 2.05) is 6.07 Å². The molecule has 2 aromatic carbocycles. The monoisotopic (exact) mass is 370 g/mol. The van der Waals surface area contributed by atoms with Crippen LogP contribution in [0.5, 0.6) is 0 Å². The highest BCUT2D eigenvalue weighted by Crippen LogP contribution is 2.22. The topological polar surface area (TPSA) is 93.2 Å². The molecular weight excluding hydrogens is 344 g/mol. The number of carbonyl (C=O) groups excluding carboxylic acids is 1. The molecule has 0 spiro atoms. The Bertz CT molecular complexity index is 794. The van der Waals surface area contributed by atoms with Gasteiger partial charge in [0.05, 0.1) is 5.56 Å². The van der Waals surface area contributed by atoms with E-state index in [0.29, 0.717) is 29.5 Å². The first-order valence-corrected chi connectivity index (χ1v) is 8.87. The molecule has 0 aliphatic carbocycles. The van der Waals surface area contributed by atoms with Gasteiger partial charge in [-0.15, -0.1) is 0 Å². The summed E-state index contributed by atoms with van der Waals surface area (Å²) in [4.78, 5) is 11.3. The zero-order valence-corrected chi connectivity index (χ0v) is 16.2. The zero-order valence-electron chi connectivity index (χ0n) is 15.4. The molecule has 1 amide bonds. The quantitative estimate of drug-likeness (QED) is 0.480. The van der Waals surface area contributed by atoms with Crippen molar-refractivity contribution in [2.75, 3.05) is 5.73 Å². The number of nitrogens with two attached hydrogens (primary N) is 2. The van der Waals surface area contributed by atoms with Crippen LogP contribution in [0, 0.1) is 0 Å². The largest absolute Gasteiger partial charge is 0.398 e. The van der Waals surface area contributed by atoms with Gasteiger partial charge in [-0.3, -0.25) is 4.79 Å². The van der Waals surface area contributed by atoms with E-state index in [9.17, 15) is 4.79 Å². The predicted molar refractivity (Wildman–Crippen MR) is 111 cm³/mol. The van der Waals surface area contributed by atoms with Gasteiger partial charge in [0.25, 0.3) is 5.91 Å². The summed E-state index contributed by atoms with van der Waals surface area (Å²) in [6.07, 6.45) is 0. The number of thiocarbonyl (C=S) groups is 1. The molecule has 0 fully saturated rings. The van der Waals surface area contributed by atoms with Crippen LogP contribution in [0.4, 0.5) is 5.69 Å². The van der Waals surface area contributed by atoms with Crippen molar-refractivity contribution >= 4 is 28.9 Å². The summed E-state index contributed by atoms with van der Waals surface area (Å²) in [6, 6.07) is 13.7. The molecule has 5 nitrogen and oxygen atoms in total. The van der Waals surface area contributed by atoms with Crippen LogP contribution in [0.1, 0.15) is 47.8 Å². The molecule has 6 N–H and O–H groups in total. The number of rotatable bonds is 5. The molecule has 0 aliphatic rings. The number of carbonyl (C=O) groups is 1. The van der Waals surface area contributed by atoms with Crippen molar-refractivity contribution in [1.29, 1.82) is 0 Å². The van der Waals surface area contributed by atoms with Crippen molar-refractivity contribution < 1.29 is 4.79 Å². The number of amides is 1. The Morgan fingerprint density at radius 2 is 1.54 bits per heavy atom. The maximum absolute atomic E-state index is 11.3. The van der Waals surface area contributed by atoms with Gasteiger partial charge in [0.2, 0.25) is 0 Å². The minimum absolute atomic E-state index is 0.145. The number of nitrogen functional groups attached to an aromatic ring is 1. The maximum Gasteiger partial charge on any atom is 0.250 e. The van der Waals surface area contributed by atoms with Gasteiger partial charge in [-0.05, 0) is 46.5 Å². The third-order valence-corrected chi connectivity index (χ3v) is 4.40. The Morgan fingerprint density at radius 3 is 2.08 bits per heavy atom. The summed E-state index contributed by atoms with van der Waals surface area (Å²) in [7, 11) is 0. The highest BCUT2D eigenvalue weighted by Gasteiger charge is 2.12. The Hall–Kier alpha value is -2.60. The second-order valence-electron chi connectivity index (χ2n) is 7.27. The summed E-state index contributed by atoms with van der Waals surface area (Å²) >= 11 is 5.31. The molecule has 26 heavy (non-hydrogen) atoms. The van der Waals surface area contributed by atoms with E-state index in [1.54, 1.807) is 12.1 Å². The number of primary amides is 1. The second-order valence-corrected chi connectivity index (χ2v) is 7.68. The molecule has 0 heterocycles. The van der Waals surface area contributed by atoms with Crippen LogP contribution in [0.2, 0.25) is 0 Å². The Morgan fingerprint density at radius 1 is 1.00 bits per heavy atom. The van der Waals surface area contributed by atoms with Crippen molar-refractivity contribution in [1.82, 2.24) is 10.6 Å². The van der Waals surface area contributed by atoms with Gasteiger partial charge in [0.15, 0.2) is 5.11 Å². The third-order valence-electron chi connectivity index (χ3n) is 4.11. The van der Waals surface area contributed by atoms with Crippen molar-refractivity contribution in [3.8, 4) is 0 Å². The average molecular weight is 371 g/mol. The standard InChI is InChI=1S/C20H26N4OS/c1-20(2,3)15-7-4-13(5-8-15)11-23-19(26)24-12-14-6-9-17(21)16(10-14)18(22)25/h4-10H,11-12,21H2,1-3H3,(H2,22,25)(H2,23,24,26). The lowest BCUT2D eigenvalue weighted by Gasteiger charge is -2.19. The summed E-state index contributed by atoms with van der Waals surface area (Å²) in [5.41, 5.74) is 15.2. The number of nitrogens with one attached hydrogen (secondary N) is 2. The molecule has 0 saturated heterocycles. The van der Waals surface area contributed by atoms with Crippen LogP contribution in [-0.4, -0.2) is 11.0 Å². The summed E-state index contributed by atoms with van der Waals surface area (Å²) in [5, 5.41) is 6.84. The third kappa shape index (κ3) is 5.46. The molecule has 138 valence electrons. The molecule has 2 rings (SSSR count). The number of anilines is 1. The van der Waals surface area contributed by atoms with Gasteiger partial charge in [-0.25, -0.2) is 0 Å². The lowest BCUT2D eigenvalue weighted by Crippen LogP contribution is -2.34. The lowest BCUT2D eigenvalue weighted by atomic mass is 9.87. The second kappa shape index (κ2) is 8.19. The van der Waals surface area contributed by atoms with Gasteiger partial charge in [0.1, 0.15) is 0 Å². The predicted octanol–water partition coefficient (Wildman–Crippen LogP) is 2.83. The van der Waals surface area contributed by atoms with Crippen molar-refractivity contribution in [3.05, 3.63) is 64.7 Å². The first-order chi connectivity index (χ1) is 12.2. The highest BCUT2D eigenvalue weighted by molar-refractivity contribution is 7.80. The fourth-order valence-electron chi connectivity index (χ4n) is 2.48. The molecule has 0 aromatic heterocycles. The smallest absolute Gasteiger partial charge is 0.250 e. The lowest BCUT2D eigenvalue weighted by molar-refractivity contribution is 0.100. The summed E-state index contributed by atoms with van der Waals surface area (Å²) < 4.78 is 0. The van der Waals surface area contributed by atoms with Crippen LogP contribution >= 0.6 is 12.2 Å². The van der Waals surface area contributed by atoms with E-state index < -0.39 is 5.91 Å². The normalized spacial score (nSPS) is 11.0. The zero-order chi connectivity index (χ0) is 19.3. The van der Waals surface area contributed by atoms with Crippen molar-refractivity contribution in [3.63, 3.8) is 0 Å². The van der Waals surface area contributed by atoms with Crippen LogP contribution < -0.4 is 22.1 Å². The van der Waals surface area contributed by atoms with E-state index in [1.165, 1.54) is 5.56 Å². The maximum atomic E-state index is 11.3. The van der Waals surface area contributed by atoms with Gasteiger partial charge in [-0.2, -0.15) is 0 Å². The van der Waals surface area contributed by atoms with Crippen molar-refractivity contribution in [2.45, 2.75) is 39.3 Å². The Balaban J connectivity index is 1.86. The summed E-state index contributed by atoms with van der Waals surface area (Å²) in [5.74, 6) is -0.538. The molecule has 6 heteroatoms. The first-order valence-electron chi connectivity index (χ1n) is 8.46. The van der Waals surface area contributed by atoms with Crippen molar-refractivity contribution in [2.24, 2.45) is 5.73 Å². The first kappa shape index (κ1) is 19.7. The van der Waals surface area contributed by atoms with E-state index in [4.69, 9.17) is 23.7 Å². The minimum Gasteiger partial charge on any atom is -0.398 e. The van der Waals surface area contributed by atoms with E-state index in [2.05, 4.69) is 55.7 Å². The minimum atomic E-state index is -0.538. The Labute approximate surface area is 160 Å². The van der Waals surface area contributed by atoms with E-state index in [-0.39, 0.29) is 5.41 Å². The van der Waals surface area contributed by atoms with E-state index >= 15 is 0 Å². The summed E-state index contributed by atoms with van der Waals surface area (Å²) in [6.45, 7) is 7.71. The van der Waals surface area contributed by atoms with Crippen LogP contribution in [0.3, 0.4) is 0 Å². The number of hydrogen-bond donors (Lipinski definition) is 4. The number of benzene rings is 2. The highest BCUT2D eigenvalue weighted by atomic mass is 32.1. The molecule has 2 aromatic rings. The van der Waals surface area contributed by atoms with Gasteiger partial charge in [0, 0.05) is 18.8 Å². The molecular formula is C20H26N4OS. The van der Waals surface area contributed by atoms with Crippen LogP contribution in [0.25, 0.3) is 0 Å². The molecule has 0 aliphatic heterocycles. The van der Waals surface area contributed by atoms with E-state index in [0.717, 1.165) is 11.1 Å². The SMILES string of the molecule is CC(C)(C)c1ccc(CNC(=S)NCc2ccc(N)c(C(N)=O)c2)cc1. The molecule has 0 atom stereocenters. The van der Waals surface area contributed by atoms with Crippen LogP contribution in [0.15, 0.2) is 42.5 Å². The fraction of sp³-hybridized carbons (Fsp3) is 0.300. The molecule has 0 bridgehead atoms. The van der Waals surface area contributed by atoms with Crippen LogP contribution in [-0.2, 0) is 18.5 Å². The molecule has 0 saturated carbocycles.